The zero-order valence-electron chi connectivity index (χ0n) is 8.90. The van der Waals surface area contributed by atoms with Crippen LogP contribution in [0.2, 0.25) is 0 Å². The second kappa shape index (κ2) is 6.02. The highest BCUT2D eigenvalue weighted by Crippen LogP contribution is 2.29. The summed E-state index contributed by atoms with van der Waals surface area (Å²) in [4.78, 5) is 9.82. The van der Waals surface area contributed by atoms with Gasteiger partial charge in [-0.3, -0.25) is 10.1 Å². The molecule has 88 valence electrons. The quantitative estimate of drug-likeness (QED) is 0.457. The van der Waals surface area contributed by atoms with Crippen LogP contribution in [-0.4, -0.2) is 24.6 Å². The lowest BCUT2D eigenvalue weighted by Gasteiger charge is -2.06. The molecule has 1 N–H and O–H groups in total. The molecule has 0 spiro atoms. The Morgan fingerprint density at radius 1 is 1.56 bits per heavy atom. The van der Waals surface area contributed by atoms with Crippen molar-refractivity contribution >= 4 is 5.69 Å². The Hall–Kier alpha value is -1.69. The molecular weight excluding hydrogens is 215 g/mol. The van der Waals surface area contributed by atoms with Crippen LogP contribution in [0.15, 0.2) is 18.2 Å². The van der Waals surface area contributed by atoms with Crippen molar-refractivity contribution in [2.75, 3.05) is 19.7 Å². The zero-order valence-corrected chi connectivity index (χ0v) is 8.90. The average molecular weight is 228 g/mol. The van der Waals surface area contributed by atoms with Crippen molar-refractivity contribution in [3.8, 4) is 5.75 Å². The number of nitro groups is 1. The lowest BCUT2D eigenvalue weighted by Crippen LogP contribution is -2.20. The second-order valence-electron chi connectivity index (χ2n) is 3.05. The van der Waals surface area contributed by atoms with Crippen LogP contribution < -0.4 is 10.1 Å². The van der Waals surface area contributed by atoms with Crippen LogP contribution in [0.25, 0.3) is 0 Å². The van der Waals surface area contributed by atoms with Gasteiger partial charge < -0.3 is 10.1 Å². The maximum Gasteiger partial charge on any atom is 0.346 e. The molecule has 0 aliphatic carbocycles. The van der Waals surface area contributed by atoms with Crippen molar-refractivity contribution in [3.63, 3.8) is 0 Å². The highest BCUT2D eigenvalue weighted by Gasteiger charge is 2.20. The van der Waals surface area contributed by atoms with Crippen molar-refractivity contribution in [2.24, 2.45) is 0 Å². The van der Waals surface area contributed by atoms with Crippen LogP contribution in [0.4, 0.5) is 10.1 Å². The Balaban J connectivity index is 2.71. The van der Waals surface area contributed by atoms with Crippen molar-refractivity contribution in [1.29, 1.82) is 0 Å². The third-order valence-corrected chi connectivity index (χ3v) is 1.92. The van der Waals surface area contributed by atoms with Crippen LogP contribution >= 0.6 is 0 Å². The highest BCUT2D eigenvalue weighted by molar-refractivity contribution is 5.47. The van der Waals surface area contributed by atoms with Gasteiger partial charge in [-0.25, -0.2) is 0 Å². The second-order valence-corrected chi connectivity index (χ2v) is 3.05. The number of nitrogens with zero attached hydrogens (tertiary/aromatic N) is 1. The van der Waals surface area contributed by atoms with Crippen molar-refractivity contribution in [1.82, 2.24) is 5.32 Å². The molecule has 0 radical (unpaired) electrons. The summed E-state index contributed by atoms with van der Waals surface area (Å²) in [5.74, 6) is -0.922. The summed E-state index contributed by atoms with van der Waals surface area (Å²) in [7, 11) is 0. The predicted octanol–water partition coefficient (Wildman–Crippen LogP) is 1.72. The number of nitro benzene ring substituents is 1. The van der Waals surface area contributed by atoms with Gasteiger partial charge in [0.1, 0.15) is 6.61 Å². The molecule has 0 fully saturated rings. The molecular formula is C10H13FN2O3. The van der Waals surface area contributed by atoms with Gasteiger partial charge in [-0.15, -0.1) is 0 Å². The number of halogens is 1. The van der Waals surface area contributed by atoms with Gasteiger partial charge in [0, 0.05) is 6.54 Å². The molecule has 0 atom stereocenters. The third-order valence-electron chi connectivity index (χ3n) is 1.92. The zero-order chi connectivity index (χ0) is 12.0. The molecule has 1 rings (SSSR count). The fraction of sp³-hybridized carbons (Fsp3) is 0.400. The van der Waals surface area contributed by atoms with Gasteiger partial charge in [-0.1, -0.05) is 13.0 Å². The van der Waals surface area contributed by atoms with E-state index in [0.29, 0.717) is 6.54 Å². The van der Waals surface area contributed by atoms with Gasteiger partial charge in [-0.05, 0) is 18.7 Å². The molecule has 0 aliphatic heterocycles. The first-order valence-electron chi connectivity index (χ1n) is 4.93. The molecule has 0 bridgehead atoms. The normalized spacial score (nSPS) is 10.1. The monoisotopic (exact) mass is 228 g/mol. The van der Waals surface area contributed by atoms with Gasteiger partial charge in [0.05, 0.1) is 4.92 Å². The molecule has 5 nitrogen and oxygen atoms in total. The van der Waals surface area contributed by atoms with E-state index in [2.05, 4.69) is 5.32 Å². The van der Waals surface area contributed by atoms with Crippen LogP contribution in [-0.2, 0) is 0 Å². The Kier molecular flexibility index (Phi) is 4.65. The standard InChI is InChI=1S/C10H13FN2O3/c1-2-12-6-7-16-9-5-3-4-8(11)10(9)13(14)15/h3-5,12H,2,6-7H2,1H3. The number of nitrogens with one attached hydrogen (secondary N) is 1. The van der Waals surface area contributed by atoms with Gasteiger partial charge in [0.15, 0.2) is 5.75 Å². The van der Waals surface area contributed by atoms with E-state index in [1.54, 1.807) is 0 Å². The summed E-state index contributed by atoms with van der Waals surface area (Å²) in [6.45, 7) is 3.54. The molecule has 1 aromatic rings. The molecule has 0 aromatic heterocycles. The fourth-order valence-corrected chi connectivity index (χ4v) is 1.20. The van der Waals surface area contributed by atoms with E-state index in [9.17, 15) is 14.5 Å². The van der Waals surface area contributed by atoms with Crippen LogP contribution in [0.5, 0.6) is 5.75 Å². The van der Waals surface area contributed by atoms with E-state index in [-0.39, 0.29) is 12.4 Å². The van der Waals surface area contributed by atoms with E-state index in [1.807, 2.05) is 6.92 Å². The fourth-order valence-electron chi connectivity index (χ4n) is 1.20. The molecule has 0 aliphatic rings. The minimum Gasteiger partial charge on any atom is -0.485 e. The molecule has 0 amide bonds. The topological polar surface area (TPSA) is 64.4 Å². The largest absolute Gasteiger partial charge is 0.485 e. The summed E-state index contributed by atoms with van der Waals surface area (Å²) in [5, 5.41) is 13.6. The van der Waals surface area contributed by atoms with E-state index < -0.39 is 16.4 Å². The van der Waals surface area contributed by atoms with Crippen molar-refractivity contribution < 1.29 is 14.1 Å². The summed E-state index contributed by atoms with van der Waals surface area (Å²) in [5.41, 5.74) is -0.612. The molecule has 0 unspecified atom stereocenters. The Labute approximate surface area is 92.4 Å². The van der Waals surface area contributed by atoms with E-state index in [4.69, 9.17) is 4.74 Å². The van der Waals surface area contributed by atoms with Crippen molar-refractivity contribution in [2.45, 2.75) is 6.92 Å². The first-order valence-corrected chi connectivity index (χ1v) is 4.93. The number of benzene rings is 1. The summed E-state index contributed by atoms with van der Waals surface area (Å²) < 4.78 is 18.3. The lowest BCUT2D eigenvalue weighted by molar-refractivity contribution is -0.388. The van der Waals surface area contributed by atoms with Gasteiger partial charge in [0.25, 0.3) is 0 Å². The molecule has 0 saturated carbocycles. The minimum atomic E-state index is -0.883. The highest BCUT2D eigenvalue weighted by atomic mass is 19.1. The smallest absolute Gasteiger partial charge is 0.346 e. The molecule has 6 heteroatoms. The maximum atomic E-state index is 13.1. The number of likely N-dealkylation sites (N-methyl/N-ethyl adjacent to an activating group) is 1. The minimum absolute atomic E-state index is 0.0390. The number of para-hydroxylation sites is 1. The summed E-state index contributed by atoms with van der Waals surface area (Å²) in [6, 6.07) is 3.80. The van der Waals surface area contributed by atoms with Gasteiger partial charge in [-0.2, -0.15) is 4.39 Å². The molecule has 1 aromatic carbocycles. The number of ether oxygens (including phenoxy) is 1. The number of hydrogen-bond donors (Lipinski definition) is 1. The van der Waals surface area contributed by atoms with E-state index in [1.165, 1.54) is 12.1 Å². The van der Waals surface area contributed by atoms with Gasteiger partial charge in [0.2, 0.25) is 5.82 Å². The van der Waals surface area contributed by atoms with E-state index in [0.717, 1.165) is 12.6 Å². The van der Waals surface area contributed by atoms with Crippen molar-refractivity contribution in [3.05, 3.63) is 34.1 Å². The SMILES string of the molecule is CCNCCOc1cccc(F)c1[N+](=O)[O-]. The first-order chi connectivity index (χ1) is 7.66. The first kappa shape index (κ1) is 12.4. The van der Waals surface area contributed by atoms with Crippen LogP contribution in [0.1, 0.15) is 6.92 Å². The molecule has 16 heavy (non-hydrogen) atoms. The summed E-state index contributed by atoms with van der Waals surface area (Å²) in [6.07, 6.45) is 0. The maximum absolute atomic E-state index is 13.1. The van der Waals surface area contributed by atoms with E-state index >= 15 is 0 Å². The summed E-state index contributed by atoms with van der Waals surface area (Å²) >= 11 is 0. The van der Waals surface area contributed by atoms with Gasteiger partial charge >= 0.3 is 5.69 Å². The number of hydrogen-bond acceptors (Lipinski definition) is 4. The Morgan fingerprint density at radius 2 is 2.31 bits per heavy atom. The average Bonchev–Trinajstić information content (AvgIpc) is 2.24. The Bertz CT molecular complexity index is 371. The van der Waals surface area contributed by atoms with Crippen LogP contribution in [0.3, 0.4) is 0 Å². The predicted molar refractivity (Wildman–Crippen MR) is 57.1 cm³/mol. The number of rotatable bonds is 6. The molecule has 0 heterocycles. The third kappa shape index (κ3) is 3.16. The van der Waals surface area contributed by atoms with Crippen LogP contribution in [0, 0.1) is 15.9 Å². The molecule has 0 saturated heterocycles. The Morgan fingerprint density at radius 3 is 2.94 bits per heavy atom. The lowest BCUT2D eigenvalue weighted by atomic mass is 10.3.